The Labute approximate surface area is 129 Å². The van der Waals surface area contributed by atoms with Gasteiger partial charge in [0.1, 0.15) is 0 Å². The molecule has 0 spiro atoms. The van der Waals surface area contributed by atoms with Crippen LogP contribution in [0.1, 0.15) is 58.8 Å². The van der Waals surface area contributed by atoms with Crippen LogP contribution in [-0.2, 0) is 4.74 Å². The number of nitrogens with zero attached hydrogens (tertiary/aromatic N) is 1. The van der Waals surface area contributed by atoms with E-state index in [1.807, 2.05) is 11.8 Å². The lowest BCUT2D eigenvalue weighted by Gasteiger charge is -2.32. The normalized spacial score (nSPS) is 27.6. The van der Waals surface area contributed by atoms with Gasteiger partial charge in [0.25, 0.3) is 0 Å². The molecule has 1 N–H and O–H groups in total. The Morgan fingerprint density at radius 1 is 1.24 bits per heavy atom. The van der Waals surface area contributed by atoms with Gasteiger partial charge < -0.3 is 15.0 Å². The van der Waals surface area contributed by atoms with Crippen molar-refractivity contribution in [3.05, 3.63) is 0 Å². The largest absolute Gasteiger partial charge is 0.450 e. The molecule has 2 fully saturated rings. The molecule has 1 aliphatic heterocycles. The highest BCUT2D eigenvalue weighted by atomic mass is 16.6. The number of hydrogen-bond acceptors (Lipinski definition) is 3. The molecule has 1 aliphatic carbocycles. The van der Waals surface area contributed by atoms with Gasteiger partial charge in [-0.05, 0) is 51.0 Å². The van der Waals surface area contributed by atoms with E-state index in [0.29, 0.717) is 12.6 Å². The summed E-state index contributed by atoms with van der Waals surface area (Å²) >= 11 is 0. The predicted octanol–water partition coefficient (Wildman–Crippen LogP) is 3.41. The summed E-state index contributed by atoms with van der Waals surface area (Å²) in [7, 11) is 0. The lowest BCUT2D eigenvalue weighted by Crippen LogP contribution is -2.45. The van der Waals surface area contributed by atoms with Crippen LogP contribution in [0.2, 0.25) is 0 Å². The zero-order chi connectivity index (χ0) is 15.1. The standard InChI is InChI=1S/C17H32N2O2/c1-3-21-17(20)19-11-8-16(9-12-19)18-10-7-15-6-4-5-14(2)13-15/h14-16,18H,3-13H2,1-2H3. The van der Waals surface area contributed by atoms with Crippen molar-refractivity contribution in [3.8, 4) is 0 Å². The van der Waals surface area contributed by atoms with E-state index in [4.69, 9.17) is 4.74 Å². The zero-order valence-electron chi connectivity index (χ0n) is 13.8. The summed E-state index contributed by atoms with van der Waals surface area (Å²) in [5.41, 5.74) is 0. The first-order valence-corrected chi connectivity index (χ1v) is 8.84. The molecule has 2 unspecified atom stereocenters. The molecule has 1 heterocycles. The number of rotatable bonds is 5. The third kappa shape index (κ3) is 5.50. The van der Waals surface area contributed by atoms with Gasteiger partial charge in [0.15, 0.2) is 0 Å². The van der Waals surface area contributed by atoms with Crippen molar-refractivity contribution in [2.75, 3.05) is 26.2 Å². The Hall–Kier alpha value is -0.770. The molecule has 122 valence electrons. The molecule has 0 aromatic heterocycles. The van der Waals surface area contributed by atoms with Gasteiger partial charge in [-0.25, -0.2) is 4.79 Å². The van der Waals surface area contributed by atoms with Crippen LogP contribution in [-0.4, -0.2) is 43.3 Å². The van der Waals surface area contributed by atoms with Crippen molar-refractivity contribution < 1.29 is 9.53 Å². The van der Waals surface area contributed by atoms with Gasteiger partial charge in [0.2, 0.25) is 0 Å². The van der Waals surface area contributed by atoms with E-state index in [9.17, 15) is 4.79 Å². The maximum absolute atomic E-state index is 11.6. The monoisotopic (exact) mass is 296 g/mol. The van der Waals surface area contributed by atoms with Crippen molar-refractivity contribution >= 4 is 6.09 Å². The highest BCUT2D eigenvalue weighted by Crippen LogP contribution is 2.30. The number of carbonyl (C=O) groups excluding carboxylic acids is 1. The average Bonchev–Trinajstić information content (AvgIpc) is 2.48. The van der Waals surface area contributed by atoms with Crippen molar-refractivity contribution in [1.29, 1.82) is 0 Å². The van der Waals surface area contributed by atoms with Crippen molar-refractivity contribution in [3.63, 3.8) is 0 Å². The van der Waals surface area contributed by atoms with E-state index in [1.54, 1.807) is 0 Å². The van der Waals surface area contributed by atoms with Gasteiger partial charge in [-0.15, -0.1) is 0 Å². The molecular formula is C17H32N2O2. The molecule has 2 atom stereocenters. The highest BCUT2D eigenvalue weighted by molar-refractivity contribution is 5.67. The molecule has 0 aromatic rings. The minimum atomic E-state index is -0.146. The van der Waals surface area contributed by atoms with Crippen LogP contribution >= 0.6 is 0 Å². The summed E-state index contributed by atoms with van der Waals surface area (Å²) in [5, 5.41) is 3.70. The Kier molecular flexibility index (Phi) is 6.81. The molecule has 2 rings (SSSR count). The lowest BCUT2D eigenvalue weighted by molar-refractivity contribution is 0.0949. The first-order valence-electron chi connectivity index (χ1n) is 8.84. The minimum Gasteiger partial charge on any atom is -0.450 e. The molecule has 1 saturated carbocycles. The summed E-state index contributed by atoms with van der Waals surface area (Å²) in [6.45, 7) is 7.52. The van der Waals surface area contributed by atoms with Crippen LogP contribution in [0.15, 0.2) is 0 Å². The van der Waals surface area contributed by atoms with Crippen molar-refractivity contribution in [2.24, 2.45) is 11.8 Å². The SMILES string of the molecule is CCOC(=O)N1CCC(NCCC2CCCC(C)C2)CC1. The molecular weight excluding hydrogens is 264 g/mol. The Morgan fingerprint density at radius 2 is 2.00 bits per heavy atom. The molecule has 2 aliphatic rings. The number of nitrogens with one attached hydrogen (secondary N) is 1. The van der Waals surface area contributed by atoms with E-state index < -0.39 is 0 Å². The summed E-state index contributed by atoms with van der Waals surface area (Å²) in [6, 6.07) is 0.580. The molecule has 4 heteroatoms. The van der Waals surface area contributed by atoms with Gasteiger partial charge >= 0.3 is 6.09 Å². The lowest BCUT2D eigenvalue weighted by atomic mass is 9.81. The molecule has 21 heavy (non-hydrogen) atoms. The van der Waals surface area contributed by atoms with E-state index in [0.717, 1.165) is 44.3 Å². The van der Waals surface area contributed by atoms with Crippen LogP contribution in [0.4, 0.5) is 4.79 Å². The summed E-state index contributed by atoms with van der Waals surface area (Å²) in [5.74, 6) is 1.86. The maximum Gasteiger partial charge on any atom is 0.409 e. The Bertz CT molecular complexity index is 314. The van der Waals surface area contributed by atoms with Crippen molar-refractivity contribution in [2.45, 2.75) is 64.8 Å². The number of likely N-dealkylation sites (tertiary alicyclic amines) is 1. The van der Waals surface area contributed by atoms with Crippen LogP contribution in [0.3, 0.4) is 0 Å². The third-order valence-electron chi connectivity index (χ3n) is 5.05. The zero-order valence-corrected chi connectivity index (χ0v) is 13.8. The number of amides is 1. The van der Waals surface area contributed by atoms with E-state index in [2.05, 4.69) is 12.2 Å². The molecule has 1 saturated heterocycles. The molecule has 0 aromatic carbocycles. The minimum absolute atomic E-state index is 0.146. The second-order valence-electron chi connectivity index (χ2n) is 6.84. The number of ether oxygens (including phenoxy) is 1. The maximum atomic E-state index is 11.6. The molecule has 0 bridgehead atoms. The summed E-state index contributed by atoms with van der Waals surface area (Å²) in [4.78, 5) is 13.5. The van der Waals surface area contributed by atoms with Crippen LogP contribution in [0.25, 0.3) is 0 Å². The van der Waals surface area contributed by atoms with E-state index in [1.165, 1.54) is 32.1 Å². The summed E-state index contributed by atoms with van der Waals surface area (Å²) < 4.78 is 5.05. The fourth-order valence-corrected chi connectivity index (χ4v) is 3.79. The highest BCUT2D eigenvalue weighted by Gasteiger charge is 2.24. The Morgan fingerprint density at radius 3 is 2.67 bits per heavy atom. The average molecular weight is 296 g/mol. The van der Waals surface area contributed by atoms with Gasteiger partial charge in [0, 0.05) is 19.1 Å². The van der Waals surface area contributed by atoms with Gasteiger partial charge in [0.05, 0.1) is 6.61 Å². The summed E-state index contributed by atoms with van der Waals surface area (Å²) in [6.07, 6.45) is 8.98. The van der Waals surface area contributed by atoms with Crippen LogP contribution in [0, 0.1) is 11.8 Å². The first-order chi connectivity index (χ1) is 10.2. The molecule has 4 nitrogen and oxygen atoms in total. The topological polar surface area (TPSA) is 41.6 Å². The molecule has 1 amide bonds. The number of carbonyl (C=O) groups is 1. The number of piperidine rings is 1. The predicted molar refractivity (Wildman–Crippen MR) is 85.4 cm³/mol. The van der Waals surface area contributed by atoms with E-state index >= 15 is 0 Å². The second-order valence-corrected chi connectivity index (χ2v) is 6.84. The Balaban J connectivity index is 1.57. The molecule has 0 radical (unpaired) electrons. The van der Waals surface area contributed by atoms with Gasteiger partial charge in [-0.3, -0.25) is 0 Å². The van der Waals surface area contributed by atoms with Crippen molar-refractivity contribution in [1.82, 2.24) is 10.2 Å². The fraction of sp³-hybridized carbons (Fsp3) is 0.941. The van der Waals surface area contributed by atoms with Gasteiger partial charge in [-0.1, -0.05) is 26.2 Å². The number of hydrogen-bond donors (Lipinski definition) is 1. The first kappa shape index (κ1) is 16.6. The smallest absolute Gasteiger partial charge is 0.409 e. The van der Waals surface area contributed by atoms with Crippen LogP contribution in [0.5, 0.6) is 0 Å². The second kappa shape index (κ2) is 8.62. The van der Waals surface area contributed by atoms with E-state index in [-0.39, 0.29) is 6.09 Å². The van der Waals surface area contributed by atoms with Crippen LogP contribution < -0.4 is 5.32 Å². The quantitative estimate of drug-likeness (QED) is 0.845. The third-order valence-corrected chi connectivity index (χ3v) is 5.05. The van der Waals surface area contributed by atoms with Gasteiger partial charge in [-0.2, -0.15) is 0 Å². The fourth-order valence-electron chi connectivity index (χ4n) is 3.79.